The van der Waals surface area contributed by atoms with E-state index in [0.29, 0.717) is 20.8 Å². The van der Waals surface area contributed by atoms with Gasteiger partial charge < -0.3 is 15.1 Å². The van der Waals surface area contributed by atoms with Gasteiger partial charge in [-0.2, -0.15) is 0 Å². The lowest BCUT2D eigenvalue weighted by Crippen LogP contribution is -1.92. The number of hydrogen-bond acceptors (Lipinski definition) is 5. The van der Waals surface area contributed by atoms with E-state index >= 15 is 0 Å². The summed E-state index contributed by atoms with van der Waals surface area (Å²) in [7, 11) is 0. The second-order valence-corrected chi connectivity index (χ2v) is 5.52. The fourth-order valence-corrected chi connectivity index (χ4v) is 2.32. The van der Waals surface area contributed by atoms with E-state index in [4.69, 9.17) is 39.2 Å². The van der Waals surface area contributed by atoms with Crippen LogP contribution < -0.4 is 10.6 Å². The number of benzene rings is 2. The van der Waals surface area contributed by atoms with E-state index in [1.807, 2.05) is 0 Å². The normalized spacial score (nSPS) is 10.5. The minimum Gasteiger partial charge on any atom is -0.389 e. The molecule has 5 nitrogen and oxygen atoms in total. The van der Waals surface area contributed by atoms with E-state index in [9.17, 15) is 0 Å². The third kappa shape index (κ3) is 3.44. The van der Waals surface area contributed by atoms with Crippen LogP contribution in [0, 0.1) is 0 Å². The topological polar surface area (TPSA) is 63.0 Å². The van der Waals surface area contributed by atoms with Crippen LogP contribution in [0.3, 0.4) is 0 Å². The summed E-state index contributed by atoms with van der Waals surface area (Å²) < 4.78 is 5.44. The highest BCUT2D eigenvalue weighted by Crippen LogP contribution is 2.32. The van der Waals surface area contributed by atoms with Crippen molar-refractivity contribution in [3.63, 3.8) is 0 Å². The first kappa shape index (κ1) is 15.0. The molecule has 112 valence electrons. The van der Waals surface area contributed by atoms with Gasteiger partial charge in [0.15, 0.2) is 0 Å². The van der Waals surface area contributed by atoms with Crippen LogP contribution in [0.4, 0.5) is 23.4 Å². The van der Waals surface area contributed by atoms with E-state index in [2.05, 4.69) is 20.8 Å². The van der Waals surface area contributed by atoms with Crippen molar-refractivity contribution < 1.29 is 4.42 Å². The van der Waals surface area contributed by atoms with Crippen LogP contribution in [0.1, 0.15) is 0 Å². The van der Waals surface area contributed by atoms with Gasteiger partial charge in [-0.3, -0.25) is 0 Å². The predicted octanol–water partition coefficient (Wildman–Crippen LogP) is 5.52. The molecule has 0 aliphatic carbocycles. The highest BCUT2D eigenvalue weighted by molar-refractivity contribution is 6.39. The lowest BCUT2D eigenvalue weighted by Gasteiger charge is -2.05. The number of anilines is 4. The van der Waals surface area contributed by atoms with E-state index in [0.717, 1.165) is 5.69 Å². The molecular weight excluding hydrogens is 347 g/mol. The summed E-state index contributed by atoms with van der Waals surface area (Å²) in [6, 6.07) is 12.7. The van der Waals surface area contributed by atoms with Gasteiger partial charge in [0.2, 0.25) is 0 Å². The average Bonchev–Trinajstić information content (AvgIpc) is 2.93. The molecule has 0 atom stereocenters. The molecule has 2 N–H and O–H groups in total. The van der Waals surface area contributed by atoms with Crippen LogP contribution in [-0.4, -0.2) is 10.2 Å². The van der Waals surface area contributed by atoms with Gasteiger partial charge >= 0.3 is 12.0 Å². The van der Waals surface area contributed by atoms with Crippen LogP contribution in [-0.2, 0) is 0 Å². The molecule has 0 unspecified atom stereocenters. The standard InChI is InChI=1S/C14H9Cl3N4O/c15-8-4-6-9(7-5-8)18-13-20-21-14(22-13)19-12-10(16)2-1-3-11(12)17/h1-7H,(H,18,20)(H,19,21). The Morgan fingerprint density at radius 1 is 0.773 bits per heavy atom. The van der Waals surface area contributed by atoms with Gasteiger partial charge in [0, 0.05) is 10.7 Å². The predicted molar refractivity (Wildman–Crippen MR) is 88.8 cm³/mol. The second-order valence-electron chi connectivity index (χ2n) is 4.27. The molecule has 0 saturated heterocycles. The Kier molecular flexibility index (Phi) is 4.38. The summed E-state index contributed by atoms with van der Waals surface area (Å²) in [5, 5.41) is 15.2. The van der Waals surface area contributed by atoms with Crippen molar-refractivity contribution in [1.82, 2.24) is 10.2 Å². The number of aromatic nitrogens is 2. The Bertz CT molecular complexity index is 769. The number of para-hydroxylation sites is 1. The van der Waals surface area contributed by atoms with Crippen LogP contribution in [0.2, 0.25) is 15.1 Å². The molecule has 3 aromatic rings. The zero-order valence-electron chi connectivity index (χ0n) is 11.0. The fraction of sp³-hybridized carbons (Fsp3) is 0. The van der Waals surface area contributed by atoms with E-state index in [1.54, 1.807) is 42.5 Å². The molecule has 0 amide bonds. The molecule has 0 bridgehead atoms. The molecule has 0 saturated carbocycles. The largest absolute Gasteiger partial charge is 0.389 e. The monoisotopic (exact) mass is 354 g/mol. The number of nitrogens with one attached hydrogen (secondary N) is 2. The molecule has 0 radical (unpaired) electrons. The van der Waals surface area contributed by atoms with Crippen LogP contribution >= 0.6 is 34.8 Å². The van der Waals surface area contributed by atoms with Crippen molar-refractivity contribution in [3.8, 4) is 0 Å². The first-order chi connectivity index (χ1) is 10.6. The van der Waals surface area contributed by atoms with Gasteiger partial charge in [-0.15, -0.1) is 0 Å². The summed E-state index contributed by atoms with van der Waals surface area (Å²) in [6.07, 6.45) is 0. The minimum atomic E-state index is 0.173. The minimum absolute atomic E-state index is 0.173. The second kappa shape index (κ2) is 6.44. The smallest absolute Gasteiger partial charge is 0.321 e. The highest BCUT2D eigenvalue weighted by Gasteiger charge is 2.11. The summed E-state index contributed by atoms with van der Waals surface area (Å²) in [5.74, 6) is 0. The van der Waals surface area contributed by atoms with Crippen LogP contribution in [0.15, 0.2) is 46.9 Å². The molecule has 0 aliphatic heterocycles. The maximum absolute atomic E-state index is 6.07. The maximum atomic E-state index is 6.07. The number of hydrogen-bond donors (Lipinski definition) is 2. The summed E-state index contributed by atoms with van der Waals surface area (Å²) in [4.78, 5) is 0. The summed E-state index contributed by atoms with van der Waals surface area (Å²) >= 11 is 18.0. The third-order valence-corrected chi connectivity index (χ3v) is 3.60. The average molecular weight is 356 g/mol. The highest BCUT2D eigenvalue weighted by atomic mass is 35.5. The quantitative estimate of drug-likeness (QED) is 0.645. The van der Waals surface area contributed by atoms with Crippen LogP contribution in [0.5, 0.6) is 0 Å². The zero-order chi connectivity index (χ0) is 15.5. The molecule has 3 rings (SSSR count). The Balaban J connectivity index is 1.75. The molecule has 1 heterocycles. The molecular formula is C14H9Cl3N4O. The van der Waals surface area contributed by atoms with Gasteiger partial charge in [0.05, 0.1) is 15.7 Å². The Labute approximate surface area is 141 Å². The molecule has 22 heavy (non-hydrogen) atoms. The van der Waals surface area contributed by atoms with Crippen molar-refractivity contribution >= 4 is 58.2 Å². The van der Waals surface area contributed by atoms with Crippen molar-refractivity contribution in [3.05, 3.63) is 57.5 Å². The van der Waals surface area contributed by atoms with Gasteiger partial charge in [0.1, 0.15) is 0 Å². The Hall–Kier alpha value is -1.95. The van der Waals surface area contributed by atoms with Crippen LogP contribution in [0.25, 0.3) is 0 Å². The van der Waals surface area contributed by atoms with Crippen molar-refractivity contribution in [2.45, 2.75) is 0 Å². The molecule has 0 aliphatic rings. The molecule has 0 fully saturated rings. The zero-order valence-corrected chi connectivity index (χ0v) is 13.2. The Morgan fingerprint density at radius 2 is 1.36 bits per heavy atom. The lowest BCUT2D eigenvalue weighted by molar-refractivity contribution is 0.591. The molecule has 2 aromatic carbocycles. The van der Waals surface area contributed by atoms with Gasteiger partial charge in [-0.1, -0.05) is 51.1 Å². The molecule has 0 spiro atoms. The Morgan fingerprint density at radius 3 is 2.00 bits per heavy atom. The van der Waals surface area contributed by atoms with E-state index in [-0.39, 0.29) is 12.0 Å². The third-order valence-electron chi connectivity index (χ3n) is 2.72. The summed E-state index contributed by atoms with van der Waals surface area (Å²) in [5.41, 5.74) is 1.28. The van der Waals surface area contributed by atoms with Crippen molar-refractivity contribution in [2.24, 2.45) is 0 Å². The first-order valence-electron chi connectivity index (χ1n) is 6.19. The maximum Gasteiger partial charge on any atom is 0.321 e. The molecule has 8 heteroatoms. The molecule has 1 aromatic heterocycles. The number of halogens is 3. The van der Waals surface area contributed by atoms with Gasteiger partial charge in [0.25, 0.3) is 0 Å². The lowest BCUT2D eigenvalue weighted by atomic mass is 10.3. The van der Waals surface area contributed by atoms with Gasteiger partial charge in [-0.25, -0.2) is 0 Å². The summed E-state index contributed by atoms with van der Waals surface area (Å²) in [6.45, 7) is 0. The first-order valence-corrected chi connectivity index (χ1v) is 7.32. The SMILES string of the molecule is Clc1ccc(Nc2nnc(Nc3c(Cl)cccc3Cl)o2)cc1. The van der Waals surface area contributed by atoms with Crippen molar-refractivity contribution in [2.75, 3.05) is 10.6 Å². The van der Waals surface area contributed by atoms with Gasteiger partial charge in [-0.05, 0) is 36.4 Å². The van der Waals surface area contributed by atoms with Crippen molar-refractivity contribution in [1.29, 1.82) is 0 Å². The number of nitrogens with zero attached hydrogens (tertiary/aromatic N) is 2. The van der Waals surface area contributed by atoms with E-state index < -0.39 is 0 Å². The number of rotatable bonds is 4. The van der Waals surface area contributed by atoms with E-state index in [1.165, 1.54) is 0 Å². The fourth-order valence-electron chi connectivity index (χ4n) is 1.71.